The maximum absolute atomic E-state index is 11.1. The van der Waals surface area contributed by atoms with E-state index in [0.717, 1.165) is 50.3 Å². The number of fused-ring (bicyclic) bond motifs is 1. The minimum atomic E-state index is -0.722. The number of rotatable bonds is 7. The Morgan fingerprint density at radius 3 is 2.77 bits per heavy atom. The number of nitrogens with zero attached hydrogens (tertiary/aromatic N) is 7. The van der Waals surface area contributed by atoms with Crippen LogP contribution in [0, 0.1) is 17.2 Å². The summed E-state index contributed by atoms with van der Waals surface area (Å²) < 4.78 is 1.72. The lowest BCUT2D eigenvalue weighted by atomic mass is 9.91. The van der Waals surface area contributed by atoms with Gasteiger partial charge in [-0.3, -0.25) is 9.69 Å². The maximum Gasteiger partial charge on any atom is 0.303 e. The molecule has 2 fully saturated rings. The van der Waals surface area contributed by atoms with Crippen LogP contribution in [0.15, 0.2) is 24.4 Å². The first-order valence-corrected chi connectivity index (χ1v) is 13.8. The van der Waals surface area contributed by atoms with Crippen molar-refractivity contribution in [3.63, 3.8) is 0 Å². The van der Waals surface area contributed by atoms with Gasteiger partial charge in [0.05, 0.1) is 12.2 Å². The number of carboxylic acids is 1. The topological polar surface area (TPSA) is 111 Å². The molecule has 3 aromatic rings. The normalized spacial score (nSPS) is 22.4. The monoisotopic (exact) mass is 591 g/mol. The summed E-state index contributed by atoms with van der Waals surface area (Å²) >= 11 is 12.6. The molecule has 2 aliphatic rings. The van der Waals surface area contributed by atoms with E-state index in [4.69, 9.17) is 33.3 Å². The number of hydrogen-bond donors (Lipinski definition) is 1. The molecule has 0 spiro atoms. The van der Waals surface area contributed by atoms with Crippen molar-refractivity contribution in [1.82, 2.24) is 24.6 Å². The number of piperidine rings is 1. The lowest BCUT2D eigenvalue weighted by Crippen LogP contribution is -2.52. The summed E-state index contributed by atoms with van der Waals surface area (Å²) in [6.07, 6.45) is 5.84. The highest BCUT2D eigenvalue weighted by atomic mass is 35.5. The van der Waals surface area contributed by atoms with Crippen LogP contribution in [-0.2, 0) is 4.79 Å². The van der Waals surface area contributed by atoms with Gasteiger partial charge in [-0.15, -0.1) is 12.4 Å². The molecule has 2 aromatic heterocycles. The van der Waals surface area contributed by atoms with Gasteiger partial charge in [0.25, 0.3) is 0 Å². The van der Waals surface area contributed by atoms with E-state index in [-0.39, 0.29) is 30.6 Å². The lowest BCUT2D eigenvalue weighted by Gasteiger charge is -2.43. The maximum atomic E-state index is 11.1. The van der Waals surface area contributed by atoms with Crippen LogP contribution in [0.5, 0.6) is 0 Å². The molecule has 2 aliphatic heterocycles. The second kappa shape index (κ2) is 12.3. The van der Waals surface area contributed by atoms with Gasteiger partial charge in [0.15, 0.2) is 11.3 Å². The van der Waals surface area contributed by atoms with Crippen LogP contribution in [0.4, 0.5) is 5.82 Å². The molecule has 0 amide bonds. The molecule has 208 valence electrons. The second-order valence-corrected chi connectivity index (χ2v) is 11.2. The molecule has 0 saturated carbocycles. The van der Waals surface area contributed by atoms with Crippen molar-refractivity contribution in [2.45, 2.75) is 64.1 Å². The summed E-state index contributed by atoms with van der Waals surface area (Å²) in [5.41, 5.74) is 2.06. The average Bonchev–Trinajstić information content (AvgIpc) is 3.51. The van der Waals surface area contributed by atoms with Crippen LogP contribution in [-0.4, -0.2) is 67.4 Å². The lowest BCUT2D eigenvalue weighted by molar-refractivity contribution is -0.137. The highest BCUT2D eigenvalue weighted by Crippen LogP contribution is 2.34. The van der Waals surface area contributed by atoms with E-state index in [9.17, 15) is 10.1 Å². The van der Waals surface area contributed by atoms with Gasteiger partial charge < -0.3 is 10.0 Å². The Morgan fingerprint density at radius 1 is 1.28 bits per heavy atom. The number of aliphatic carboxylic acids is 1. The molecule has 4 atom stereocenters. The van der Waals surface area contributed by atoms with E-state index in [1.807, 2.05) is 13.0 Å². The zero-order valence-electron chi connectivity index (χ0n) is 21.9. The number of carboxylic acid groups (broad SMARTS) is 1. The highest BCUT2D eigenvalue weighted by molar-refractivity contribution is 6.35. The fourth-order valence-corrected chi connectivity index (χ4v) is 6.66. The fraction of sp³-hybridized carbons (Fsp3) is 0.519. The Labute approximate surface area is 244 Å². The highest BCUT2D eigenvalue weighted by Gasteiger charge is 2.37. The number of anilines is 1. The number of hydrogen-bond acceptors (Lipinski definition) is 7. The number of halogens is 3. The van der Waals surface area contributed by atoms with Gasteiger partial charge in [0, 0.05) is 41.6 Å². The van der Waals surface area contributed by atoms with Gasteiger partial charge in [-0.25, -0.2) is 14.6 Å². The number of likely N-dealkylation sites (tertiary alicyclic amines) is 1. The van der Waals surface area contributed by atoms with Gasteiger partial charge in [0.2, 0.25) is 0 Å². The standard InChI is InChI=1S/C27H31Cl2N7O2.ClH/c1-16-15-34(11-9-23(16)35-10-3-4-19(35)6-8-25(37)38)24-14-31-26-22(13-30)33-36(27(26)32-24)17(2)20-7-5-18(28)12-21(20)29;/h5,7,12,14,16-17,19,23H,3-4,6,8-11,15H2,1-2H3,(H,37,38);1H/t16-,17-,19+,23?;/m1./s1. The van der Waals surface area contributed by atoms with Crippen LogP contribution < -0.4 is 4.90 Å². The zero-order chi connectivity index (χ0) is 27.0. The first-order chi connectivity index (χ1) is 18.3. The molecule has 39 heavy (non-hydrogen) atoms. The van der Waals surface area contributed by atoms with Crippen LogP contribution in [0.2, 0.25) is 10.0 Å². The van der Waals surface area contributed by atoms with E-state index >= 15 is 0 Å². The SMILES string of the molecule is C[C@@H]1CN(c2cnc3c(C#N)nn([C@H](C)c4ccc(Cl)cc4Cl)c3n2)CCC1N1CCC[C@H]1CCC(=O)O.Cl. The van der Waals surface area contributed by atoms with Crippen molar-refractivity contribution in [3.8, 4) is 6.07 Å². The minimum Gasteiger partial charge on any atom is -0.481 e. The Balaban J connectivity index is 0.00000353. The van der Waals surface area contributed by atoms with Crippen LogP contribution in [0.25, 0.3) is 11.2 Å². The van der Waals surface area contributed by atoms with Crippen LogP contribution >= 0.6 is 35.6 Å². The van der Waals surface area contributed by atoms with Crippen molar-refractivity contribution in [3.05, 3.63) is 45.7 Å². The predicted molar refractivity (Wildman–Crippen MR) is 154 cm³/mol. The summed E-state index contributed by atoms with van der Waals surface area (Å²) in [7, 11) is 0. The van der Waals surface area contributed by atoms with Gasteiger partial charge in [-0.2, -0.15) is 10.4 Å². The van der Waals surface area contributed by atoms with Gasteiger partial charge >= 0.3 is 5.97 Å². The molecule has 5 rings (SSSR count). The average molecular weight is 593 g/mol. The smallest absolute Gasteiger partial charge is 0.303 e. The fourth-order valence-electron chi connectivity index (χ4n) is 6.10. The Hall–Kier alpha value is -2.64. The third-order valence-electron chi connectivity index (χ3n) is 8.00. The molecule has 2 saturated heterocycles. The van der Waals surface area contributed by atoms with Gasteiger partial charge in [0.1, 0.15) is 17.4 Å². The van der Waals surface area contributed by atoms with Crippen LogP contribution in [0.1, 0.15) is 63.3 Å². The van der Waals surface area contributed by atoms with Crippen LogP contribution in [0.3, 0.4) is 0 Å². The van der Waals surface area contributed by atoms with Crippen molar-refractivity contribution < 1.29 is 9.90 Å². The Morgan fingerprint density at radius 2 is 2.08 bits per heavy atom. The summed E-state index contributed by atoms with van der Waals surface area (Å²) in [5.74, 6) is 0.421. The summed E-state index contributed by atoms with van der Waals surface area (Å²) in [4.78, 5) is 25.5. The van der Waals surface area contributed by atoms with E-state index in [2.05, 4.69) is 32.9 Å². The number of nitriles is 1. The molecular formula is C27H32Cl3N7O2. The Bertz CT molecular complexity index is 1390. The van der Waals surface area contributed by atoms with E-state index < -0.39 is 5.97 Å². The number of benzene rings is 1. The van der Waals surface area contributed by atoms with Crippen molar-refractivity contribution in [1.29, 1.82) is 5.26 Å². The molecule has 4 heterocycles. The number of aromatic nitrogens is 4. The minimum absolute atomic E-state index is 0. The molecule has 0 radical (unpaired) electrons. The molecule has 0 aliphatic carbocycles. The summed E-state index contributed by atoms with van der Waals surface area (Å²) in [6, 6.07) is 7.97. The van der Waals surface area contributed by atoms with Gasteiger partial charge in [-0.1, -0.05) is 36.2 Å². The van der Waals surface area contributed by atoms with Crippen molar-refractivity contribution in [2.24, 2.45) is 5.92 Å². The Kier molecular flexibility index (Phi) is 9.22. The van der Waals surface area contributed by atoms with E-state index in [0.29, 0.717) is 45.6 Å². The van der Waals surface area contributed by atoms with Gasteiger partial charge in [-0.05, 0) is 62.8 Å². The third-order valence-corrected chi connectivity index (χ3v) is 8.56. The zero-order valence-corrected chi connectivity index (χ0v) is 24.3. The first-order valence-electron chi connectivity index (χ1n) is 13.1. The van der Waals surface area contributed by atoms with Crippen molar-refractivity contribution >= 4 is 58.6 Å². The summed E-state index contributed by atoms with van der Waals surface area (Å²) in [5, 5.41) is 24.4. The largest absolute Gasteiger partial charge is 0.481 e. The molecule has 9 nitrogen and oxygen atoms in total. The third kappa shape index (κ3) is 5.94. The second-order valence-electron chi connectivity index (χ2n) is 10.4. The molecular weight excluding hydrogens is 561 g/mol. The molecule has 1 aromatic carbocycles. The molecule has 1 unspecified atom stereocenters. The van der Waals surface area contributed by atoms with E-state index in [1.54, 1.807) is 23.0 Å². The molecule has 1 N–H and O–H groups in total. The summed E-state index contributed by atoms with van der Waals surface area (Å²) in [6.45, 7) is 6.91. The molecule has 0 bridgehead atoms. The van der Waals surface area contributed by atoms with Crippen molar-refractivity contribution in [2.75, 3.05) is 24.5 Å². The quantitative estimate of drug-likeness (QED) is 0.379. The molecule has 12 heteroatoms. The first kappa shape index (κ1) is 29.3. The number of carbonyl (C=O) groups is 1. The van der Waals surface area contributed by atoms with E-state index in [1.165, 1.54) is 0 Å². The predicted octanol–water partition coefficient (Wildman–Crippen LogP) is 5.58.